The van der Waals surface area contributed by atoms with E-state index in [1.54, 1.807) is 25.1 Å². The van der Waals surface area contributed by atoms with Crippen molar-refractivity contribution in [1.29, 1.82) is 5.26 Å². The summed E-state index contributed by atoms with van der Waals surface area (Å²) in [5, 5.41) is 9.16. The van der Waals surface area contributed by atoms with Crippen LogP contribution in [0.1, 0.15) is 54.4 Å². The summed E-state index contributed by atoms with van der Waals surface area (Å²) in [4.78, 5) is 21.4. The van der Waals surface area contributed by atoms with Gasteiger partial charge in [0.05, 0.1) is 12.2 Å². The van der Waals surface area contributed by atoms with Crippen LogP contribution in [0.25, 0.3) is 0 Å². The molecule has 0 unspecified atom stereocenters. The van der Waals surface area contributed by atoms with Gasteiger partial charge in [0.15, 0.2) is 0 Å². The molecule has 0 aliphatic carbocycles. The van der Waals surface area contributed by atoms with Crippen LogP contribution in [0.3, 0.4) is 0 Å². The molecule has 0 radical (unpaired) electrons. The molecule has 1 aromatic heterocycles. The number of ether oxygens (including phenoxy) is 1. The number of fused-ring (bicyclic) bond motifs is 3. The number of hydrogen-bond donors (Lipinski definition) is 4. The van der Waals surface area contributed by atoms with E-state index >= 15 is 4.39 Å². The third-order valence-corrected chi connectivity index (χ3v) is 9.85. The van der Waals surface area contributed by atoms with E-state index in [2.05, 4.69) is 15.3 Å². The molecule has 34 heavy (non-hydrogen) atoms. The van der Waals surface area contributed by atoms with E-state index in [4.69, 9.17) is 15.7 Å². The van der Waals surface area contributed by atoms with Crippen molar-refractivity contribution in [3.05, 3.63) is 52.8 Å². The molecule has 11 heteroatoms. The molecule has 0 bridgehead atoms. The smallest absolute Gasteiger partial charge is 0.274 e. The normalized spacial score (nSPS) is 27.5. The number of amides is 1. The summed E-state index contributed by atoms with van der Waals surface area (Å²) in [6.07, 6.45) is 0.994. The Hall–Kier alpha value is -3.20. The van der Waals surface area contributed by atoms with Gasteiger partial charge < -0.3 is 15.8 Å². The zero-order chi connectivity index (χ0) is 25.1. The molecule has 2 aliphatic heterocycles. The van der Waals surface area contributed by atoms with Crippen LogP contribution >= 0.6 is 10.6 Å². The minimum atomic E-state index is -3.95. The average molecular weight is 488 g/mol. The van der Waals surface area contributed by atoms with Gasteiger partial charge in [0, 0.05) is 23.9 Å². The highest BCUT2D eigenvalue weighted by molar-refractivity contribution is 8.27. The molecule has 180 valence electrons. The molecular formula is C23H26FN5O4S. The first kappa shape index (κ1) is 23.9. The van der Waals surface area contributed by atoms with Crippen LogP contribution in [0.4, 0.5) is 10.1 Å². The SMILES string of the molecule is Cc1cc(C#N)cnc1C(=O)Nc1ccc2c(c1)[C@@]1(C)N=C(N)C(C)(C)S(O)(O)[C@]1(F)CCO2. The summed E-state index contributed by atoms with van der Waals surface area (Å²) in [7, 11) is -3.95. The van der Waals surface area contributed by atoms with Crippen molar-refractivity contribution in [2.24, 2.45) is 10.7 Å². The number of nitrogens with one attached hydrogen (secondary N) is 1. The van der Waals surface area contributed by atoms with Gasteiger partial charge in [0.1, 0.15) is 33.6 Å². The third kappa shape index (κ3) is 3.17. The number of carbonyl (C=O) groups is 1. The van der Waals surface area contributed by atoms with E-state index in [1.165, 1.54) is 33.0 Å². The molecule has 9 nitrogen and oxygen atoms in total. The van der Waals surface area contributed by atoms with Crippen LogP contribution in [0, 0.1) is 18.3 Å². The molecule has 1 amide bonds. The monoisotopic (exact) mass is 487 g/mol. The van der Waals surface area contributed by atoms with Crippen molar-refractivity contribution >= 4 is 28.0 Å². The lowest BCUT2D eigenvalue weighted by molar-refractivity contribution is 0.102. The predicted octanol–water partition coefficient (Wildman–Crippen LogP) is 4.08. The Morgan fingerprint density at radius 2 is 2.03 bits per heavy atom. The molecule has 0 spiro atoms. The van der Waals surface area contributed by atoms with Crippen molar-refractivity contribution < 1.29 is 23.0 Å². The number of aromatic nitrogens is 1. The van der Waals surface area contributed by atoms with Gasteiger partial charge in [0.25, 0.3) is 5.91 Å². The van der Waals surface area contributed by atoms with Gasteiger partial charge in [-0.05, 0) is 57.5 Å². The standard InChI is InChI=1S/C23H26FN5O4S/c1-13-9-14(11-25)12-27-18(13)19(30)28-15-5-6-17-16(10-15)22(4)23(24,7-8-33-17)34(31,32)21(2,3)20(26)29-22/h5-6,9-10,12,31-32H,7-8H2,1-4H3,(H2,26,29)(H,28,30)/t22-,23-/m1/s1. The summed E-state index contributed by atoms with van der Waals surface area (Å²) < 4.78 is 43.3. The maximum atomic E-state index is 16.7. The fraction of sp³-hybridized carbons (Fsp3) is 0.391. The lowest BCUT2D eigenvalue weighted by atomic mass is 9.84. The van der Waals surface area contributed by atoms with E-state index in [1.807, 2.05) is 6.07 Å². The Morgan fingerprint density at radius 3 is 2.68 bits per heavy atom. The first-order valence-electron chi connectivity index (χ1n) is 10.6. The van der Waals surface area contributed by atoms with Crippen molar-refractivity contribution in [2.45, 2.75) is 49.4 Å². The van der Waals surface area contributed by atoms with E-state index in [9.17, 15) is 13.9 Å². The highest BCUT2D eigenvalue weighted by atomic mass is 32.3. The maximum absolute atomic E-state index is 16.7. The van der Waals surface area contributed by atoms with Crippen molar-refractivity contribution in [2.75, 3.05) is 11.9 Å². The number of nitriles is 1. The summed E-state index contributed by atoms with van der Waals surface area (Å²) in [5.74, 6) is -0.299. The van der Waals surface area contributed by atoms with Crippen LogP contribution in [-0.2, 0) is 5.54 Å². The van der Waals surface area contributed by atoms with Gasteiger partial charge in [-0.15, -0.1) is 10.6 Å². The van der Waals surface area contributed by atoms with Gasteiger partial charge in [-0.1, -0.05) is 0 Å². The molecule has 0 saturated heterocycles. The fourth-order valence-electron chi connectivity index (χ4n) is 4.40. The first-order chi connectivity index (χ1) is 15.8. The number of aliphatic imine (C=N–C) groups is 1. The molecule has 2 atom stereocenters. The molecule has 2 aromatic rings. The average Bonchev–Trinajstić information content (AvgIpc) is 2.88. The second-order valence-electron chi connectivity index (χ2n) is 9.12. The zero-order valence-electron chi connectivity index (χ0n) is 19.2. The number of rotatable bonds is 2. The van der Waals surface area contributed by atoms with Crippen LogP contribution < -0.4 is 15.8 Å². The number of nitrogens with two attached hydrogens (primary N) is 1. The van der Waals surface area contributed by atoms with E-state index in [0.29, 0.717) is 22.6 Å². The topological polar surface area (TPSA) is 154 Å². The van der Waals surface area contributed by atoms with Crippen molar-refractivity contribution in [3.8, 4) is 11.8 Å². The molecule has 5 N–H and O–H groups in total. The van der Waals surface area contributed by atoms with Gasteiger partial charge >= 0.3 is 0 Å². The first-order valence-corrected chi connectivity index (χ1v) is 12.1. The minimum Gasteiger partial charge on any atom is -0.493 e. The number of halogens is 1. The number of aryl methyl sites for hydroxylation is 1. The highest BCUT2D eigenvalue weighted by Crippen LogP contribution is 2.73. The molecule has 4 rings (SSSR count). The second kappa shape index (κ2) is 7.66. The molecular weight excluding hydrogens is 461 g/mol. The number of carbonyl (C=O) groups excluding carboxylic acids is 1. The lowest BCUT2D eigenvalue weighted by Crippen LogP contribution is -2.62. The molecule has 0 saturated carbocycles. The summed E-state index contributed by atoms with van der Waals surface area (Å²) in [6.45, 7) is 5.93. The van der Waals surface area contributed by atoms with Crippen LogP contribution in [0.15, 0.2) is 35.5 Å². The number of anilines is 1. The van der Waals surface area contributed by atoms with Gasteiger partial charge in [0.2, 0.25) is 5.00 Å². The van der Waals surface area contributed by atoms with E-state index in [0.717, 1.165) is 0 Å². The fourth-order valence-corrected chi connectivity index (χ4v) is 6.63. The summed E-state index contributed by atoms with van der Waals surface area (Å²) in [5.41, 5.74) is 5.86. The number of alkyl halides is 1. The van der Waals surface area contributed by atoms with E-state index in [-0.39, 0.29) is 30.1 Å². The largest absolute Gasteiger partial charge is 0.493 e. The zero-order valence-corrected chi connectivity index (χ0v) is 20.0. The van der Waals surface area contributed by atoms with Crippen LogP contribution in [0.2, 0.25) is 0 Å². The molecule has 0 fully saturated rings. The predicted molar refractivity (Wildman–Crippen MR) is 128 cm³/mol. The second-order valence-corrected chi connectivity index (χ2v) is 11.9. The number of nitrogens with zero attached hydrogens (tertiary/aromatic N) is 3. The summed E-state index contributed by atoms with van der Waals surface area (Å²) >= 11 is 0. The quantitative estimate of drug-likeness (QED) is 0.498. The number of amidine groups is 1. The molecule has 2 aliphatic rings. The number of hydrogen-bond acceptors (Lipinski definition) is 8. The van der Waals surface area contributed by atoms with Crippen LogP contribution in [-0.4, -0.2) is 42.2 Å². The highest BCUT2D eigenvalue weighted by Gasteiger charge is 2.68. The number of pyridine rings is 1. The Morgan fingerprint density at radius 1 is 1.32 bits per heavy atom. The molecule has 1 aromatic carbocycles. The Bertz CT molecular complexity index is 1270. The van der Waals surface area contributed by atoms with E-state index < -0.39 is 31.8 Å². The lowest BCUT2D eigenvalue weighted by Gasteiger charge is -2.61. The van der Waals surface area contributed by atoms with Gasteiger partial charge in [-0.2, -0.15) is 5.26 Å². The minimum absolute atomic E-state index is 0.0806. The Labute approximate surface area is 198 Å². The maximum Gasteiger partial charge on any atom is 0.274 e. The van der Waals surface area contributed by atoms with Gasteiger partial charge in [-0.3, -0.25) is 18.9 Å². The third-order valence-electron chi connectivity index (χ3n) is 6.72. The van der Waals surface area contributed by atoms with Crippen LogP contribution in [0.5, 0.6) is 5.75 Å². The Kier molecular flexibility index (Phi) is 5.39. The summed E-state index contributed by atoms with van der Waals surface area (Å²) in [6, 6.07) is 8.17. The van der Waals surface area contributed by atoms with Gasteiger partial charge in [-0.25, -0.2) is 9.37 Å². The van der Waals surface area contributed by atoms with Crippen molar-refractivity contribution in [1.82, 2.24) is 4.98 Å². The number of benzene rings is 1. The van der Waals surface area contributed by atoms with Crippen molar-refractivity contribution in [3.63, 3.8) is 0 Å². The Balaban J connectivity index is 1.80. The molecule has 3 heterocycles.